The third-order valence-corrected chi connectivity index (χ3v) is 5.59. The van der Waals surface area contributed by atoms with Gasteiger partial charge in [-0.15, -0.1) is 0 Å². The van der Waals surface area contributed by atoms with Gasteiger partial charge >= 0.3 is 0 Å². The maximum atomic E-state index is 5.82. The largest absolute Gasteiger partial charge is 0.436 e. The van der Waals surface area contributed by atoms with Gasteiger partial charge in [-0.05, 0) is 61.5 Å². The molecule has 3 atom stereocenters. The topological polar surface area (TPSA) is 9.23 Å². The molecular formula is C13H23BO. The highest BCUT2D eigenvalue weighted by atomic mass is 16.4. The Morgan fingerprint density at radius 3 is 2.80 bits per heavy atom. The fourth-order valence-electron chi connectivity index (χ4n) is 4.58. The van der Waals surface area contributed by atoms with E-state index in [1.807, 2.05) is 0 Å². The molecule has 0 radical (unpaired) electrons. The fraction of sp³-hybridized carbons (Fsp3) is 1.00. The summed E-state index contributed by atoms with van der Waals surface area (Å²) in [5, 5.41) is 0. The molecule has 1 saturated heterocycles. The zero-order valence-electron chi connectivity index (χ0n) is 10.2. The molecule has 2 heteroatoms. The molecule has 2 aliphatic carbocycles. The van der Waals surface area contributed by atoms with E-state index in [1.165, 1.54) is 38.3 Å². The molecule has 3 fully saturated rings. The van der Waals surface area contributed by atoms with E-state index in [0.29, 0.717) is 12.3 Å². The third kappa shape index (κ3) is 1.56. The third-order valence-electron chi connectivity index (χ3n) is 5.59. The molecule has 1 aliphatic heterocycles. The van der Waals surface area contributed by atoms with Crippen LogP contribution in [-0.2, 0) is 4.65 Å². The second-order valence-electron chi connectivity index (χ2n) is 6.57. The van der Waals surface area contributed by atoms with Gasteiger partial charge in [0.2, 0.25) is 0 Å². The maximum absolute atomic E-state index is 5.82. The second-order valence-corrected chi connectivity index (χ2v) is 6.57. The van der Waals surface area contributed by atoms with E-state index in [9.17, 15) is 0 Å². The van der Waals surface area contributed by atoms with Gasteiger partial charge < -0.3 is 4.65 Å². The highest BCUT2D eigenvalue weighted by Crippen LogP contribution is 2.60. The summed E-state index contributed by atoms with van der Waals surface area (Å²) in [6, 6.07) is 0. The molecule has 15 heavy (non-hydrogen) atoms. The summed E-state index contributed by atoms with van der Waals surface area (Å²) in [6.45, 7) is 6.65. The highest BCUT2D eigenvalue weighted by Gasteiger charge is 2.53. The minimum Gasteiger partial charge on any atom is -0.436 e. The van der Waals surface area contributed by atoms with E-state index < -0.39 is 0 Å². The molecule has 3 aliphatic rings. The molecule has 2 saturated carbocycles. The van der Waals surface area contributed by atoms with E-state index >= 15 is 0 Å². The average Bonchev–Trinajstić information content (AvgIpc) is 2.87. The molecule has 0 spiro atoms. The van der Waals surface area contributed by atoms with Crippen molar-refractivity contribution >= 4 is 6.92 Å². The lowest BCUT2D eigenvalue weighted by atomic mass is 9.53. The summed E-state index contributed by atoms with van der Waals surface area (Å²) in [5.41, 5.74) is 0.606. The Hall–Kier alpha value is 0.0249. The van der Waals surface area contributed by atoms with E-state index in [1.54, 1.807) is 0 Å². The van der Waals surface area contributed by atoms with E-state index in [2.05, 4.69) is 13.8 Å². The minimum atomic E-state index is 0.605. The molecule has 0 N–H and O–H groups in total. The lowest BCUT2D eigenvalue weighted by Crippen LogP contribution is -2.33. The van der Waals surface area contributed by atoms with Gasteiger partial charge in [0.05, 0.1) is 0 Å². The van der Waals surface area contributed by atoms with Crippen molar-refractivity contribution in [1.82, 2.24) is 0 Å². The predicted octanol–water partition coefficient (Wildman–Crippen LogP) is 3.47. The van der Waals surface area contributed by atoms with Crippen LogP contribution in [0.4, 0.5) is 0 Å². The van der Waals surface area contributed by atoms with Crippen molar-refractivity contribution in [1.29, 1.82) is 0 Å². The predicted molar refractivity (Wildman–Crippen MR) is 64.0 cm³/mol. The van der Waals surface area contributed by atoms with Crippen molar-refractivity contribution < 1.29 is 4.65 Å². The molecule has 0 aromatic rings. The molecule has 1 nitrogen and oxygen atoms in total. The average molecular weight is 206 g/mol. The van der Waals surface area contributed by atoms with Gasteiger partial charge in [-0.2, -0.15) is 0 Å². The smallest absolute Gasteiger partial charge is 0.293 e. The second kappa shape index (κ2) is 3.51. The fourth-order valence-corrected chi connectivity index (χ4v) is 4.58. The number of hydrogen-bond donors (Lipinski definition) is 0. The summed E-state index contributed by atoms with van der Waals surface area (Å²) in [7, 11) is 0. The minimum absolute atomic E-state index is 0.605. The standard InChI is InChI=1S/C13H23BO/c1-13(2)11-5-4-10(8-11)12(13)9-14-6-3-7-15-14/h10-12H,3-9H2,1-2H3. The quantitative estimate of drug-likeness (QED) is 0.628. The van der Waals surface area contributed by atoms with Gasteiger partial charge in [-0.3, -0.25) is 0 Å². The lowest BCUT2D eigenvalue weighted by Gasteiger charge is -2.39. The van der Waals surface area contributed by atoms with Crippen molar-refractivity contribution in [2.24, 2.45) is 23.2 Å². The normalized spacial score (nSPS) is 42.8. The van der Waals surface area contributed by atoms with Gasteiger partial charge in [0, 0.05) is 6.61 Å². The highest BCUT2D eigenvalue weighted by molar-refractivity contribution is 6.52. The monoisotopic (exact) mass is 206 g/mol. The van der Waals surface area contributed by atoms with Crippen LogP contribution in [0.3, 0.4) is 0 Å². The van der Waals surface area contributed by atoms with Crippen LogP contribution < -0.4 is 0 Å². The summed E-state index contributed by atoms with van der Waals surface area (Å²) >= 11 is 0. The Morgan fingerprint density at radius 2 is 2.20 bits per heavy atom. The number of rotatable bonds is 2. The zero-order chi connectivity index (χ0) is 10.5. The Bertz CT molecular complexity index is 245. The van der Waals surface area contributed by atoms with Crippen molar-refractivity contribution in [3.8, 4) is 0 Å². The van der Waals surface area contributed by atoms with Crippen LogP contribution in [-0.4, -0.2) is 13.5 Å². The first kappa shape index (κ1) is 10.2. The van der Waals surface area contributed by atoms with Crippen LogP contribution >= 0.6 is 0 Å². The molecule has 0 aromatic heterocycles. The van der Waals surface area contributed by atoms with Crippen LogP contribution in [0.15, 0.2) is 0 Å². The maximum Gasteiger partial charge on any atom is 0.293 e. The van der Waals surface area contributed by atoms with Crippen LogP contribution in [0.1, 0.15) is 39.5 Å². The van der Waals surface area contributed by atoms with Crippen molar-refractivity contribution in [3.05, 3.63) is 0 Å². The first-order valence-corrected chi connectivity index (χ1v) is 6.79. The van der Waals surface area contributed by atoms with Gasteiger partial charge in [0.15, 0.2) is 0 Å². The van der Waals surface area contributed by atoms with Gasteiger partial charge in [-0.25, -0.2) is 0 Å². The van der Waals surface area contributed by atoms with Crippen LogP contribution in [0.5, 0.6) is 0 Å². The molecule has 84 valence electrons. The van der Waals surface area contributed by atoms with E-state index in [4.69, 9.17) is 4.65 Å². The molecule has 2 bridgehead atoms. The molecule has 0 aromatic carbocycles. The van der Waals surface area contributed by atoms with Crippen molar-refractivity contribution in [3.63, 3.8) is 0 Å². The molecular weight excluding hydrogens is 183 g/mol. The van der Waals surface area contributed by atoms with E-state index in [-0.39, 0.29) is 0 Å². The van der Waals surface area contributed by atoms with Crippen LogP contribution in [0.25, 0.3) is 0 Å². The number of hydrogen-bond acceptors (Lipinski definition) is 1. The van der Waals surface area contributed by atoms with Gasteiger partial charge in [0.25, 0.3) is 6.92 Å². The Kier molecular flexibility index (Phi) is 2.39. The van der Waals surface area contributed by atoms with E-state index in [0.717, 1.165) is 24.4 Å². The SMILES string of the molecule is CC1(C)C2CCC(C2)C1CB1CCCO1. The summed E-state index contributed by atoms with van der Waals surface area (Å²) < 4.78 is 5.82. The Labute approximate surface area is 94.1 Å². The number of fused-ring (bicyclic) bond motifs is 2. The van der Waals surface area contributed by atoms with Crippen LogP contribution in [0, 0.1) is 23.2 Å². The van der Waals surface area contributed by atoms with Gasteiger partial charge in [-0.1, -0.05) is 13.8 Å². The Morgan fingerprint density at radius 1 is 1.33 bits per heavy atom. The Balaban J connectivity index is 1.69. The van der Waals surface area contributed by atoms with Crippen molar-refractivity contribution in [2.75, 3.05) is 6.61 Å². The molecule has 0 amide bonds. The molecule has 1 heterocycles. The van der Waals surface area contributed by atoms with Crippen molar-refractivity contribution in [2.45, 2.75) is 52.2 Å². The summed E-state index contributed by atoms with van der Waals surface area (Å²) in [6.07, 6.45) is 8.50. The first-order valence-electron chi connectivity index (χ1n) is 6.79. The van der Waals surface area contributed by atoms with Gasteiger partial charge in [0.1, 0.15) is 0 Å². The molecule has 3 unspecified atom stereocenters. The summed E-state index contributed by atoms with van der Waals surface area (Å²) in [4.78, 5) is 0. The zero-order valence-corrected chi connectivity index (χ0v) is 10.2. The van der Waals surface area contributed by atoms with Crippen LogP contribution in [0.2, 0.25) is 12.6 Å². The molecule has 3 rings (SSSR count). The lowest BCUT2D eigenvalue weighted by molar-refractivity contribution is 0.133. The summed E-state index contributed by atoms with van der Waals surface area (Å²) in [5.74, 6) is 3.02. The first-order chi connectivity index (χ1) is 7.18.